The Morgan fingerprint density at radius 3 is 2.76 bits per heavy atom. The van der Waals surface area contributed by atoms with Crippen LogP contribution in [-0.4, -0.2) is 9.55 Å². The van der Waals surface area contributed by atoms with E-state index in [2.05, 4.69) is 10.3 Å². The molecule has 0 radical (unpaired) electrons. The first-order valence-electron chi connectivity index (χ1n) is 6.38. The molecule has 0 fully saturated rings. The maximum atomic E-state index is 13.9. The molecule has 0 aliphatic rings. The largest absolute Gasteiger partial charge is 0.368 e. The summed E-state index contributed by atoms with van der Waals surface area (Å²) in [6.45, 7) is 0. The number of hydrogen-bond acceptors (Lipinski definition) is 3. The molecule has 0 amide bonds. The van der Waals surface area contributed by atoms with E-state index < -0.39 is 11.6 Å². The van der Waals surface area contributed by atoms with Gasteiger partial charge in [0.05, 0.1) is 5.69 Å². The van der Waals surface area contributed by atoms with E-state index in [4.69, 9.17) is 0 Å². The van der Waals surface area contributed by atoms with Crippen molar-refractivity contribution < 1.29 is 8.78 Å². The second kappa shape index (κ2) is 5.65. The smallest absolute Gasteiger partial charge is 0.181 e. The highest BCUT2D eigenvalue weighted by molar-refractivity contribution is 7.10. The van der Waals surface area contributed by atoms with Crippen LogP contribution >= 0.6 is 11.3 Å². The van der Waals surface area contributed by atoms with Crippen LogP contribution in [0.2, 0.25) is 0 Å². The minimum Gasteiger partial charge on any atom is -0.368 e. The van der Waals surface area contributed by atoms with Gasteiger partial charge in [0.15, 0.2) is 11.6 Å². The lowest BCUT2D eigenvalue weighted by molar-refractivity contribution is 0.510. The molecule has 6 heteroatoms. The van der Waals surface area contributed by atoms with E-state index >= 15 is 0 Å². The van der Waals surface area contributed by atoms with Gasteiger partial charge in [-0.05, 0) is 23.6 Å². The van der Waals surface area contributed by atoms with E-state index in [0.29, 0.717) is 0 Å². The van der Waals surface area contributed by atoms with Crippen LogP contribution in [0.3, 0.4) is 0 Å². The third-order valence-corrected chi connectivity index (χ3v) is 4.13. The maximum absolute atomic E-state index is 13.9. The van der Waals surface area contributed by atoms with Crippen LogP contribution in [0, 0.1) is 11.6 Å². The highest BCUT2D eigenvalue weighted by atomic mass is 32.1. The fraction of sp³-hybridized carbons (Fsp3) is 0.133. The predicted octanol–water partition coefficient (Wildman–Crippen LogP) is 3.96. The van der Waals surface area contributed by atoms with Crippen molar-refractivity contribution in [3.05, 3.63) is 70.4 Å². The van der Waals surface area contributed by atoms with Crippen molar-refractivity contribution in [1.29, 1.82) is 0 Å². The molecule has 2 aromatic heterocycles. The third-order valence-electron chi connectivity index (χ3n) is 3.20. The Kier molecular flexibility index (Phi) is 3.70. The lowest BCUT2D eigenvalue weighted by Crippen LogP contribution is -2.16. The Labute approximate surface area is 124 Å². The van der Waals surface area contributed by atoms with Gasteiger partial charge in [0.25, 0.3) is 0 Å². The van der Waals surface area contributed by atoms with Gasteiger partial charge in [-0.3, -0.25) is 0 Å². The maximum Gasteiger partial charge on any atom is 0.181 e. The quantitative estimate of drug-likeness (QED) is 0.790. The zero-order valence-corrected chi connectivity index (χ0v) is 12.1. The van der Waals surface area contributed by atoms with E-state index in [9.17, 15) is 8.78 Å². The molecular weight excluding hydrogens is 292 g/mol. The van der Waals surface area contributed by atoms with Crippen molar-refractivity contribution in [2.75, 3.05) is 5.32 Å². The van der Waals surface area contributed by atoms with Gasteiger partial charge in [0.1, 0.15) is 11.9 Å². The number of hydrogen-bond donors (Lipinski definition) is 1. The molecule has 0 aliphatic carbocycles. The number of aromatic nitrogens is 2. The molecule has 1 N–H and O–H groups in total. The van der Waals surface area contributed by atoms with Crippen molar-refractivity contribution in [3.63, 3.8) is 0 Å². The number of thiophene rings is 1. The lowest BCUT2D eigenvalue weighted by Gasteiger charge is -2.19. The van der Waals surface area contributed by atoms with Crippen molar-refractivity contribution in [2.45, 2.75) is 6.04 Å². The highest BCUT2D eigenvalue weighted by Gasteiger charge is 2.21. The Hall–Kier alpha value is -2.21. The molecule has 2 heterocycles. The summed E-state index contributed by atoms with van der Waals surface area (Å²) in [4.78, 5) is 5.29. The summed E-state index contributed by atoms with van der Waals surface area (Å²) in [5.41, 5.74) is 0.122. The molecule has 3 rings (SSSR count). The number of anilines is 1. The van der Waals surface area contributed by atoms with Crippen LogP contribution < -0.4 is 5.32 Å². The van der Waals surface area contributed by atoms with Gasteiger partial charge in [0, 0.05) is 24.3 Å². The average Bonchev–Trinajstić information content (AvgIpc) is 3.12. The van der Waals surface area contributed by atoms with Crippen LogP contribution in [0.1, 0.15) is 16.7 Å². The number of imidazole rings is 1. The monoisotopic (exact) mass is 305 g/mol. The molecule has 3 nitrogen and oxygen atoms in total. The highest BCUT2D eigenvalue weighted by Crippen LogP contribution is 2.30. The molecule has 0 spiro atoms. The second-order valence-corrected chi connectivity index (χ2v) is 5.57. The molecule has 108 valence electrons. The number of aryl methyl sites for hydroxylation is 1. The van der Waals surface area contributed by atoms with Crippen LogP contribution in [-0.2, 0) is 7.05 Å². The predicted molar refractivity (Wildman–Crippen MR) is 79.4 cm³/mol. The van der Waals surface area contributed by atoms with Gasteiger partial charge in [-0.2, -0.15) is 0 Å². The Morgan fingerprint density at radius 1 is 1.24 bits per heavy atom. The van der Waals surface area contributed by atoms with Gasteiger partial charge < -0.3 is 9.88 Å². The number of nitrogens with zero attached hydrogens (tertiary/aromatic N) is 2. The minimum absolute atomic E-state index is 0.122. The van der Waals surface area contributed by atoms with E-state index in [1.54, 1.807) is 6.20 Å². The second-order valence-electron chi connectivity index (χ2n) is 4.59. The number of benzene rings is 1. The van der Waals surface area contributed by atoms with Gasteiger partial charge in [-0.15, -0.1) is 11.3 Å². The molecule has 1 atom stereocenters. The molecule has 0 aliphatic heterocycles. The fourth-order valence-electron chi connectivity index (χ4n) is 2.14. The van der Waals surface area contributed by atoms with Crippen LogP contribution in [0.25, 0.3) is 0 Å². The van der Waals surface area contributed by atoms with Gasteiger partial charge in [-0.1, -0.05) is 12.1 Å². The first kappa shape index (κ1) is 13.8. The summed E-state index contributed by atoms with van der Waals surface area (Å²) >= 11 is 1.54. The molecule has 0 bridgehead atoms. The Bertz CT molecular complexity index is 737. The fourth-order valence-corrected chi connectivity index (χ4v) is 2.92. The lowest BCUT2D eigenvalue weighted by atomic mass is 10.2. The van der Waals surface area contributed by atoms with E-state index in [0.717, 1.165) is 16.8 Å². The minimum atomic E-state index is -0.881. The van der Waals surface area contributed by atoms with Crippen LogP contribution in [0.5, 0.6) is 0 Å². The van der Waals surface area contributed by atoms with Crippen molar-refractivity contribution in [3.8, 4) is 0 Å². The van der Waals surface area contributed by atoms with E-state index in [-0.39, 0.29) is 11.7 Å². The first-order chi connectivity index (χ1) is 10.2. The Morgan fingerprint density at radius 2 is 2.10 bits per heavy atom. The first-order valence-corrected chi connectivity index (χ1v) is 7.26. The number of halogens is 2. The zero-order chi connectivity index (χ0) is 14.8. The standard InChI is InChI=1S/C15H13F2N3S/c1-20-8-7-18-15(20)14(12-6-3-9-21-12)19-11-5-2-4-10(16)13(11)17/h2-9,14,19H,1H3. The summed E-state index contributed by atoms with van der Waals surface area (Å²) in [6.07, 6.45) is 3.50. The summed E-state index contributed by atoms with van der Waals surface area (Å²) in [5, 5.41) is 4.99. The molecule has 0 saturated carbocycles. The summed E-state index contributed by atoms with van der Waals surface area (Å²) in [5.74, 6) is -1.01. The summed E-state index contributed by atoms with van der Waals surface area (Å²) in [7, 11) is 1.87. The van der Waals surface area contributed by atoms with Gasteiger partial charge in [0.2, 0.25) is 0 Å². The number of nitrogens with one attached hydrogen (secondary N) is 1. The number of rotatable bonds is 4. The Balaban J connectivity index is 2.01. The normalized spacial score (nSPS) is 12.3. The SMILES string of the molecule is Cn1ccnc1C(Nc1cccc(F)c1F)c1cccs1. The molecule has 0 saturated heterocycles. The molecule has 1 aromatic carbocycles. The average molecular weight is 305 g/mol. The van der Waals surface area contributed by atoms with Crippen LogP contribution in [0.15, 0.2) is 48.1 Å². The van der Waals surface area contributed by atoms with E-state index in [1.165, 1.54) is 23.5 Å². The summed E-state index contributed by atoms with van der Waals surface area (Å²) < 4.78 is 29.1. The van der Waals surface area contributed by atoms with Crippen LogP contribution in [0.4, 0.5) is 14.5 Å². The zero-order valence-electron chi connectivity index (χ0n) is 11.3. The van der Waals surface area contributed by atoms with Crippen molar-refractivity contribution >= 4 is 17.0 Å². The molecule has 1 unspecified atom stereocenters. The molecule has 3 aromatic rings. The molecule has 21 heavy (non-hydrogen) atoms. The third kappa shape index (κ3) is 2.67. The summed E-state index contributed by atoms with van der Waals surface area (Å²) in [6, 6.07) is 7.61. The van der Waals surface area contributed by atoms with E-state index in [1.807, 2.05) is 35.3 Å². The van der Waals surface area contributed by atoms with Gasteiger partial charge in [-0.25, -0.2) is 13.8 Å². The van der Waals surface area contributed by atoms with Gasteiger partial charge >= 0.3 is 0 Å². The van der Waals surface area contributed by atoms with Crippen molar-refractivity contribution in [2.24, 2.45) is 7.05 Å². The molecular formula is C15H13F2N3S. The van der Waals surface area contributed by atoms with Crippen molar-refractivity contribution in [1.82, 2.24) is 9.55 Å². The topological polar surface area (TPSA) is 29.9 Å².